The van der Waals surface area contributed by atoms with E-state index >= 15 is 0 Å². The highest BCUT2D eigenvalue weighted by atomic mass is 16.5. The molecule has 1 amide bonds. The van der Waals surface area contributed by atoms with Crippen LogP contribution in [0.4, 0.5) is 5.69 Å². The first-order valence-corrected chi connectivity index (χ1v) is 10.4. The lowest BCUT2D eigenvalue weighted by Gasteiger charge is -2.28. The number of nitrogens with two attached hydrogens (primary N) is 1. The lowest BCUT2D eigenvalue weighted by Crippen LogP contribution is -2.42. The summed E-state index contributed by atoms with van der Waals surface area (Å²) in [4.78, 5) is 12.5. The maximum Gasteiger partial charge on any atom is 0.259 e. The van der Waals surface area contributed by atoms with E-state index in [1.807, 2.05) is 7.05 Å². The third-order valence-electron chi connectivity index (χ3n) is 5.24. The van der Waals surface area contributed by atoms with E-state index in [1.54, 1.807) is 12.1 Å². The van der Waals surface area contributed by atoms with Gasteiger partial charge in [0.05, 0.1) is 7.11 Å². The third kappa shape index (κ3) is 6.90. The number of carbonyl (C=O) groups is 1. The van der Waals surface area contributed by atoms with Crippen molar-refractivity contribution >= 4 is 17.8 Å². The highest BCUT2D eigenvalue weighted by Gasteiger charge is 2.28. The van der Waals surface area contributed by atoms with Crippen LogP contribution in [0.15, 0.2) is 12.1 Å². The van der Waals surface area contributed by atoms with Gasteiger partial charge in [-0.15, -0.1) is 0 Å². The topological polar surface area (TPSA) is 132 Å². The van der Waals surface area contributed by atoms with E-state index in [9.17, 15) is 9.90 Å². The van der Waals surface area contributed by atoms with Crippen LogP contribution in [-0.2, 0) is 0 Å². The second kappa shape index (κ2) is 11.6. The van der Waals surface area contributed by atoms with Crippen LogP contribution in [0, 0.1) is 5.41 Å². The molecule has 2 rings (SSSR count). The Balaban J connectivity index is 2.18. The van der Waals surface area contributed by atoms with Crippen LogP contribution in [0.2, 0.25) is 0 Å². The van der Waals surface area contributed by atoms with Gasteiger partial charge in [-0.25, -0.2) is 0 Å². The summed E-state index contributed by atoms with van der Waals surface area (Å²) in [5.74, 6) is -0.0934. The highest BCUT2D eigenvalue weighted by Crippen LogP contribution is 2.34. The number of unbranched alkanes of at least 4 members (excludes halogenated alkanes) is 2. The molecule has 0 saturated heterocycles. The molecule has 0 aromatic heterocycles. The number of hydrogen-bond acceptors (Lipinski definition) is 7. The average Bonchev–Trinajstić information content (AvgIpc) is 3.51. The molecule has 1 aliphatic carbocycles. The number of rotatable bonds is 14. The molecule has 8 heteroatoms. The van der Waals surface area contributed by atoms with E-state index in [4.69, 9.17) is 15.9 Å². The molecule has 1 fully saturated rings. The largest absolute Gasteiger partial charge is 0.507 e. The van der Waals surface area contributed by atoms with Crippen molar-refractivity contribution in [3.8, 4) is 11.5 Å². The van der Waals surface area contributed by atoms with Gasteiger partial charge in [0.2, 0.25) is 0 Å². The minimum Gasteiger partial charge on any atom is -0.507 e. The minimum atomic E-state index is -0.316. The fourth-order valence-corrected chi connectivity index (χ4v) is 3.44. The van der Waals surface area contributed by atoms with Crippen LogP contribution in [0.25, 0.3) is 0 Å². The smallest absolute Gasteiger partial charge is 0.259 e. The van der Waals surface area contributed by atoms with Crippen LogP contribution in [0.3, 0.4) is 0 Å². The molecule has 29 heavy (non-hydrogen) atoms. The number of likely N-dealkylation sites (N-methyl/N-ethyl adjacent to an activating group) is 1. The van der Waals surface area contributed by atoms with Crippen molar-refractivity contribution in [3.63, 3.8) is 0 Å². The van der Waals surface area contributed by atoms with Gasteiger partial charge in [0.1, 0.15) is 17.1 Å². The standard InChI is InChI=1S/C21H35N5O3/c1-24-16(9-11-23)17(6-4-3-5-10-22)25-15-12-18(27)20(19(13-15)29-2)21(28)26-14-7-8-14/h11-14,16-17,23-25,27H,3-10,22H2,1-2H3,(H,26,28)/t16?,17-/m1/s1. The zero-order valence-electron chi connectivity index (χ0n) is 17.5. The summed E-state index contributed by atoms with van der Waals surface area (Å²) in [6.07, 6.45) is 7.88. The van der Waals surface area contributed by atoms with E-state index in [0.29, 0.717) is 24.4 Å². The Morgan fingerprint density at radius 2 is 2.10 bits per heavy atom. The van der Waals surface area contributed by atoms with Crippen molar-refractivity contribution < 1.29 is 14.6 Å². The van der Waals surface area contributed by atoms with Gasteiger partial charge in [0.15, 0.2) is 0 Å². The molecule has 1 saturated carbocycles. The number of hydrogen-bond donors (Lipinski definition) is 6. The number of anilines is 1. The molecule has 1 aromatic rings. The number of ether oxygens (including phenoxy) is 1. The Morgan fingerprint density at radius 3 is 2.69 bits per heavy atom. The van der Waals surface area contributed by atoms with Crippen LogP contribution in [0.5, 0.6) is 11.5 Å². The summed E-state index contributed by atoms with van der Waals surface area (Å²) < 4.78 is 5.39. The number of methoxy groups -OCH3 is 1. The normalized spacial score (nSPS) is 15.4. The molecular weight excluding hydrogens is 370 g/mol. The fourth-order valence-electron chi connectivity index (χ4n) is 3.44. The van der Waals surface area contributed by atoms with Gasteiger partial charge < -0.3 is 36.9 Å². The van der Waals surface area contributed by atoms with Crippen LogP contribution in [-0.4, -0.2) is 56.1 Å². The van der Waals surface area contributed by atoms with Crippen molar-refractivity contribution in [1.29, 1.82) is 5.41 Å². The van der Waals surface area contributed by atoms with Gasteiger partial charge >= 0.3 is 0 Å². The van der Waals surface area contributed by atoms with Crippen molar-refractivity contribution in [1.82, 2.24) is 10.6 Å². The predicted molar refractivity (Wildman–Crippen MR) is 116 cm³/mol. The van der Waals surface area contributed by atoms with Crippen molar-refractivity contribution in [2.45, 2.75) is 63.1 Å². The van der Waals surface area contributed by atoms with Gasteiger partial charge in [0.25, 0.3) is 5.91 Å². The van der Waals surface area contributed by atoms with Crippen molar-refractivity contribution in [2.24, 2.45) is 5.73 Å². The Hall–Kier alpha value is -2.32. The second-order valence-corrected chi connectivity index (χ2v) is 7.54. The number of benzene rings is 1. The Bertz CT molecular complexity index is 679. The molecule has 8 nitrogen and oxygen atoms in total. The van der Waals surface area contributed by atoms with E-state index in [2.05, 4.69) is 16.0 Å². The van der Waals surface area contributed by atoms with Gasteiger partial charge in [-0.3, -0.25) is 4.79 Å². The highest BCUT2D eigenvalue weighted by molar-refractivity contribution is 6.00. The maximum absolute atomic E-state index is 12.5. The predicted octanol–water partition coefficient (Wildman–Crippen LogP) is 2.22. The number of nitrogens with one attached hydrogen (secondary N) is 4. The first-order chi connectivity index (χ1) is 14.0. The molecule has 0 radical (unpaired) electrons. The summed E-state index contributed by atoms with van der Waals surface area (Å²) >= 11 is 0. The maximum atomic E-state index is 12.5. The van der Waals surface area contributed by atoms with E-state index in [-0.39, 0.29) is 35.3 Å². The number of carbonyl (C=O) groups excluding carboxylic acids is 1. The molecule has 0 aliphatic heterocycles. The van der Waals surface area contributed by atoms with Gasteiger partial charge in [0, 0.05) is 35.9 Å². The zero-order chi connectivity index (χ0) is 21.2. The Labute approximate surface area is 173 Å². The number of phenols is 1. The van der Waals surface area contributed by atoms with Crippen molar-refractivity contribution in [3.05, 3.63) is 17.7 Å². The monoisotopic (exact) mass is 405 g/mol. The average molecular weight is 406 g/mol. The van der Waals surface area contributed by atoms with E-state index in [0.717, 1.165) is 38.5 Å². The zero-order valence-corrected chi connectivity index (χ0v) is 17.5. The summed E-state index contributed by atoms with van der Waals surface area (Å²) in [6, 6.07) is 3.62. The molecule has 1 aliphatic rings. The summed E-state index contributed by atoms with van der Waals surface area (Å²) in [5.41, 5.74) is 6.43. The minimum absolute atomic E-state index is 0.0506. The number of phenolic OH excluding ortho intramolecular Hbond substituents is 1. The molecule has 1 aromatic carbocycles. The molecular formula is C21H35N5O3. The summed E-state index contributed by atoms with van der Waals surface area (Å²) in [5, 5.41) is 27.6. The molecule has 0 heterocycles. The fraction of sp³-hybridized carbons (Fsp3) is 0.619. The SMILES string of the molecule is CNC(CC=N)[C@@H](CCCCCN)Nc1cc(O)c(C(=O)NC2CC2)c(OC)c1. The van der Waals surface area contributed by atoms with E-state index < -0.39 is 0 Å². The van der Waals surface area contributed by atoms with Gasteiger partial charge in [-0.1, -0.05) is 12.8 Å². The summed E-state index contributed by atoms with van der Waals surface area (Å²) in [6.45, 7) is 0.684. The summed E-state index contributed by atoms with van der Waals surface area (Å²) in [7, 11) is 3.37. The molecule has 0 bridgehead atoms. The van der Waals surface area contributed by atoms with E-state index in [1.165, 1.54) is 13.3 Å². The lowest BCUT2D eigenvalue weighted by atomic mass is 9.98. The van der Waals surface area contributed by atoms with Crippen LogP contribution < -0.4 is 26.4 Å². The Kier molecular flexibility index (Phi) is 9.21. The van der Waals surface area contributed by atoms with Crippen LogP contribution >= 0.6 is 0 Å². The first kappa shape index (κ1) is 23.0. The van der Waals surface area contributed by atoms with Gasteiger partial charge in [-0.2, -0.15) is 0 Å². The van der Waals surface area contributed by atoms with Crippen LogP contribution in [0.1, 0.15) is 55.3 Å². The van der Waals surface area contributed by atoms with Gasteiger partial charge in [-0.05, 0) is 51.9 Å². The molecule has 1 unspecified atom stereocenters. The second-order valence-electron chi connectivity index (χ2n) is 7.54. The Morgan fingerprint density at radius 1 is 1.34 bits per heavy atom. The lowest BCUT2D eigenvalue weighted by molar-refractivity contribution is 0.0945. The molecule has 0 spiro atoms. The number of amides is 1. The molecule has 7 N–H and O–H groups in total. The van der Waals surface area contributed by atoms with Crippen molar-refractivity contribution in [2.75, 3.05) is 26.0 Å². The quantitative estimate of drug-likeness (QED) is 0.208. The molecule has 162 valence electrons. The number of aromatic hydroxyl groups is 1. The first-order valence-electron chi connectivity index (χ1n) is 10.4. The third-order valence-corrected chi connectivity index (χ3v) is 5.24. The molecule has 2 atom stereocenters.